The highest BCUT2D eigenvalue weighted by molar-refractivity contribution is 6.11. The van der Waals surface area contributed by atoms with Gasteiger partial charge in [-0.2, -0.15) is 0 Å². The largest absolute Gasteiger partial charge is 0.364 e. The minimum absolute atomic E-state index is 0.321. The number of ether oxygens (including phenoxy) is 1. The van der Waals surface area contributed by atoms with E-state index in [1.54, 1.807) is 0 Å². The first kappa shape index (κ1) is 9.27. The third-order valence-corrected chi connectivity index (χ3v) is 2.19. The summed E-state index contributed by atoms with van der Waals surface area (Å²) < 4.78 is 6.63. The van der Waals surface area contributed by atoms with Gasteiger partial charge < -0.3 is 4.74 Å². The van der Waals surface area contributed by atoms with E-state index in [1.165, 1.54) is 16.8 Å². The van der Waals surface area contributed by atoms with E-state index in [0.717, 1.165) is 6.42 Å². The molecule has 1 saturated heterocycles. The number of rotatable bonds is 1. The summed E-state index contributed by atoms with van der Waals surface area (Å²) in [7, 11) is 5.53. The van der Waals surface area contributed by atoms with Gasteiger partial charge in [-0.25, -0.2) is 4.79 Å². The normalized spacial score (nSPS) is 26.6. The van der Waals surface area contributed by atoms with Crippen LogP contribution >= 0.6 is 0 Å². The number of hydrogen-bond acceptors (Lipinski definition) is 3. The van der Waals surface area contributed by atoms with Crippen molar-refractivity contribution >= 4 is 7.85 Å². The van der Waals surface area contributed by atoms with E-state index in [4.69, 9.17) is 12.6 Å². The molecule has 1 aromatic rings. The Bertz CT molecular complexity index is 439. The molecule has 2 rings (SSSR count). The Hall–Kier alpha value is -1.30. The summed E-state index contributed by atoms with van der Waals surface area (Å²) in [5.74, 6) is 0. The molecule has 0 aliphatic carbocycles. The van der Waals surface area contributed by atoms with Crippen LogP contribution in [0.3, 0.4) is 0 Å². The topological polar surface area (TPSA) is 64.1 Å². The molecule has 0 amide bonds. The predicted octanol–water partition coefficient (Wildman–Crippen LogP) is -0.660. The van der Waals surface area contributed by atoms with Gasteiger partial charge in [0.05, 0.1) is 0 Å². The van der Waals surface area contributed by atoms with Crippen molar-refractivity contribution in [3.8, 4) is 0 Å². The van der Waals surface area contributed by atoms with Gasteiger partial charge in [-0.05, 0) is 12.8 Å². The van der Waals surface area contributed by atoms with Gasteiger partial charge in [0.25, 0.3) is 5.56 Å². The Kier molecular flexibility index (Phi) is 2.29. The Balaban J connectivity index is 2.33. The lowest BCUT2D eigenvalue weighted by Crippen LogP contribution is -2.31. The maximum absolute atomic E-state index is 11.3. The average Bonchev–Trinajstić information content (AvgIpc) is 2.51. The van der Waals surface area contributed by atoms with Gasteiger partial charge in [-0.1, -0.05) is 0 Å². The second-order valence-electron chi connectivity index (χ2n) is 3.22. The quantitative estimate of drug-likeness (QED) is 0.600. The van der Waals surface area contributed by atoms with Crippen LogP contribution in [0.2, 0.25) is 0 Å². The van der Waals surface area contributed by atoms with Gasteiger partial charge in [-0.3, -0.25) is 14.3 Å². The monoisotopic (exact) mass is 192 g/mol. The van der Waals surface area contributed by atoms with Crippen LogP contribution in [0.15, 0.2) is 21.9 Å². The van der Waals surface area contributed by atoms with Gasteiger partial charge in [-0.15, -0.1) is 0 Å². The molecule has 1 aliphatic rings. The Morgan fingerprint density at radius 2 is 2.29 bits per heavy atom. The molecule has 14 heavy (non-hydrogen) atoms. The van der Waals surface area contributed by atoms with E-state index < -0.39 is 11.2 Å². The van der Waals surface area contributed by atoms with Crippen molar-refractivity contribution in [3.05, 3.63) is 33.1 Å². The maximum Gasteiger partial charge on any atom is 0.330 e. The molecule has 72 valence electrons. The number of aromatic amines is 1. The second-order valence-corrected chi connectivity index (χ2v) is 3.22. The molecular formula is C8H9BN2O3. The Morgan fingerprint density at radius 1 is 1.50 bits per heavy atom. The average molecular weight is 192 g/mol. The van der Waals surface area contributed by atoms with Crippen LogP contribution in [-0.4, -0.2) is 23.4 Å². The van der Waals surface area contributed by atoms with Gasteiger partial charge in [0.15, 0.2) is 0 Å². The third kappa shape index (κ3) is 1.65. The highest BCUT2D eigenvalue weighted by Gasteiger charge is 2.23. The molecule has 2 heterocycles. The summed E-state index contributed by atoms with van der Waals surface area (Å²) in [6.07, 6.45) is 2.47. The van der Waals surface area contributed by atoms with Crippen molar-refractivity contribution in [1.82, 2.24) is 9.55 Å². The van der Waals surface area contributed by atoms with Crippen molar-refractivity contribution in [2.24, 2.45) is 0 Å². The van der Waals surface area contributed by atoms with Gasteiger partial charge in [0, 0.05) is 18.3 Å². The summed E-state index contributed by atoms with van der Waals surface area (Å²) >= 11 is 0. The standard InChI is InChI=1S/C8H9BN2O3/c9-5-1-2-7(14-5)11-4-3-6(12)10-8(11)13/h3-5,7H,1-2H2,(H,10,12,13)/t5-,7?/m0/s1. The van der Waals surface area contributed by atoms with E-state index in [1.807, 2.05) is 0 Å². The molecule has 0 spiro atoms. The summed E-state index contributed by atoms with van der Waals surface area (Å²) in [4.78, 5) is 24.3. The summed E-state index contributed by atoms with van der Waals surface area (Å²) in [6, 6.07) is 0.966. The van der Waals surface area contributed by atoms with Gasteiger partial charge in [0.1, 0.15) is 14.1 Å². The lowest BCUT2D eigenvalue weighted by molar-refractivity contribution is 0.0340. The zero-order valence-corrected chi connectivity index (χ0v) is 7.47. The number of nitrogens with one attached hydrogen (secondary N) is 1. The number of nitrogens with zero attached hydrogens (tertiary/aromatic N) is 1. The fraction of sp³-hybridized carbons (Fsp3) is 0.500. The fourth-order valence-corrected chi connectivity index (χ4v) is 1.50. The molecule has 1 aliphatic heterocycles. The van der Waals surface area contributed by atoms with E-state index in [2.05, 4.69) is 4.98 Å². The van der Waals surface area contributed by atoms with Crippen LogP contribution < -0.4 is 11.2 Å². The minimum atomic E-state index is -0.461. The van der Waals surface area contributed by atoms with E-state index >= 15 is 0 Å². The molecule has 0 bridgehead atoms. The number of H-pyrrole nitrogens is 1. The maximum atomic E-state index is 11.3. The van der Waals surface area contributed by atoms with Crippen molar-refractivity contribution in [2.45, 2.75) is 25.1 Å². The molecule has 5 nitrogen and oxygen atoms in total. The SMILES string of the molecule is [B][C@@H]1CCC(n2ccc(=O)[nH]c2=O)O1. The second kappa shape index (κ2) is 3.45. The van der Waals surface area contributed by atoms with Crippen LogP contribution in [-0.2, 0) is 4.74 Å². The molecule has 0 saturated carbocycles. The summed E-state index contributed by atoms with van der Waals surface area (Å²) in [5.41, 5.74) is -0.870. The molecule has 6 heteroatoms. The molecule has 0 aromatic carbocycles. The molecule has 2 radical (unpaired) electrons. The highest BCUT2D eigenvalue weighted by Crippen LogP contribution is 2.24. The highest BCUT2D eigenvalue weighted by atomic mass is 16.5. The van der Waals surface area contributed by atoms with Crippen molar-refractivity contribution in [3.63, 3.8) is 0 Å². The molecular weight excluding hydrogens is 183 g/mol. The number of aromatic nitrogens is 2. The first-order valence-electron chi connectivity index (χ1n) is 4.39. The fourth-order valence-electron chi connectivity index (χ4n) is 1.50. The molecule has 1 fully saturated rings. The van der Waals surface area contributed by atoms with Crippen molar-refractivity contribution in [2.75, 3.05) is 0 Å². The predicted molar refractivity (Wildman–Crippen MR) is 50.2 cm³/mol. The van der Waals surface area contributed by atoms with Crippen LogP contribution in [0, 0.1) is 0 Å². The smallest absolute Gasteiger partial charge is 0.330 e. The molecule has 1 aromatic heterocycles. The number of hydrogen-bond donors (Lipinski definition) is 1. The lowest BCUT2D eigenvalue weighted by Gasteiger charge is -2.13. The van der Waals surface area contributed by atoms with Crippen LogP contribution in [0.25, 0.3) is 0 Å². The van der Waals surface area contributed by atoms with Crippen molar-refractivity contribution < 1.29 is 4.74 Å². The zero-order chi connectivity index (χ0) is 10.1. The van der Waals surface area contributed by atoms with Gasteiger partial charge in [0.2, 0.25) is 0 Å². The summed E-state index contributed by atoms with van der Waals surface area (Å²) in [6.45, 7) is 0. The van der Waals surface area contributed by atoms with Crippen LogP contribution in [0.4, 0.5) is 0 Å². The lowest BCUT2D eigenvalue weighted by atomic mass is 9.98. The van der Waals surface area contributed by atoms with Crippen molar-refractivity contribution in [1.29, 1.82) is 0 Å². The Morgan fingerprint density at radius 3 is 2.86 bits per heavy atom. The van der Waals surface area contributed by atoms with E-state index in [-0.39, 0.29) is 12.2 Å². The molecule has 2 atom stereocenters. The minimum Gasteiger partial charge on any atom is -0.364 e. The third-order valence-electron chi connectivity index (χ3n) is 2.19. The van der Waals surface area contributed by atoms with E-state index in [0.29, 0.717) is 6.42 Å². The van der Waals surface area contributed by atoms with Gasteiger partial charge >= 0.3 is 5.69 Å². The zero-order valence-electron chi connectivity index (χ0n) is 7.47. The first-order valence-corrected chi connectivity index (χ1v) is 4.39. The molecule has 1 unspecified atom stereocenters. The Labute approximate surface area is 81.1 Å². The first-order chi connectivity index (χ1) is 6.66. The summed E-state index contributed by atoms with van der Waals surface area (Å²) in [5, 5.41) is 0. The van der Waals surface area contributed by atoms with Crippen LogP contribution in [0.5, 0.6) is 0 Å². The van der Waals surface area contributed by atoms with E-state index in [9.17, 15) is 9.59 Å². The van der Waals surface area contributed by atoms with Crippen LogP contribution in [0.1, 0.15) is 19.1 Å². The molecule has 1 N–H and O–H groups in total.